The first-order valence-corrected chi connectivity index (χ1v) is 12.8. The predicted octanol–water partition coefficient (Wildman–Crippen LogP) is 5.54. The van der Waals surface area contributed by atoms with Crippen molar-refractivity contribution >= 4 is 15.7 Å². The molecule has 168 valence electrons. The molecule has 0 heterocycles. The van der Waals surface area contributed by atoms with Crippen molar-refractivity contribution in [3.05, 3.63) is 12.3 Å². The third-order valence-electron chi connectivity index (χ3n) is 7.70. The van der Waals surface area contributed by atoms with Gasteiger partial charge in [-0.1, -0.05) is 53.5 Å². The maximum atomic E-state index is 13.6. The van der Waals surface area contributed by atoms with Gasteiger partial charge in [-0.3, -0.25) is 0 Å². The Bertz CT molecular complexity index is 598. The van der Waals surface area contributed by atoms with Crippen molar-refractivity contribution < 1.29 is 18.7 Å². The van der Waals surface area contributed by atoms with E-state index in [1.807, 2.05) is 13.0 Å². The zero-order valence-corrected chi connectivity index (χ0v) is 21.5. The van der Waals surface area contributed by atoms with Crippen LogP contribution in [0.5, 0.6) is 0 Å². The lowest BCUT2D eigenvalue weighted by molar-refractivity contribution is -0.216. The molecule has 0 aromatic rings. The lowest BCUT2D eigenvalue weighted by atomic mass is 9.58. The summed E-state index contributed by atoms with van der Waals surface area (Å²) < 4.78 is 18.7. The van der Waals surface area contributed by atoms with Gasteiger partial charge in [-0.25, -0.2) is 4.79 Å². The van der Waals surface area contributed by atoms with Crippen molar-refractivity contribution in [3.63, 3.8) is 0 Å². The number of rotatable bonds is 8. The van der Waals surface area contributed by atoms with E-state index in [1.165, 1.54) is 26.4 Å². The second-order valence-electron chi connectivity index (χ2n) is 10.8. The predicted molar refractivity (Wildman–Crippen MR) is 121 cm³/mol. The Morgan fingerprint density at radius 1 is 1.17 bits per heavy atom. The Balaban J connectivity index is 2.62. The summed E-state index contributed by atoms with van der Waals surface area (Å²) >= 11 is 0. The van der Waals surface area contributed by atoms with Gasteiger partial charge < -0.3 is 13.9 Å². The maximum absolute atomic E-state index is 13.6. The summed E-state index contributed by atoms with van der Waals surface area (Å²) in [4.78, 5) is 13.6. The first-order chi connectivity index (χ1) is 13.5. The lowest BCUT2D eigenvalue weighted by Crippen LogP contribution is -2.67. The van der Waals surface area contributed by atoms with Gasteiger partial charge in [-0.2, -0.15) is 0 Å². The van der Waals surface area contributed by atoms with Crippen LogP contribution in [0.1, 0.15) is 93.4 Å². The monoisotopic (exact) mass is 424 g/mol. The van der Waals surface area contributed by atoms with Crippen LogP contribution < -0.4 is 0 Å². The topological polar surface area (TPSA) is 44.8 Å². The molecule has 2 aliphatic rings. The summed E-state index contributed by atoms with van der Waals surface area (Å²) in [6.45, 7) is 15.2. The van der Waals surface area contributed by atoms with Gasteiger partial charge >= 0.3 is 5.97 Å². The number of esters is 1. The molecule has 5 unspecified atom stereocenters. The zero-order chi connectivity index (χ0) is 21.9. The highest BCUT2D eigenvalue weighted by molar-refractivity contribution is 6.32. The third kappa shape index (κ3) is 4.46. The van der Waals surface area contributed by atoms with E-state index in [-0.39, 0.29) is 22.3 Å². The molecule has 0 radical (unpaired) electrons. The molecule has 0 aliphatic heterocycles. The Kier molecular flexibility index (Phi) is 7.70. The van der Waals surface area contributed by atoms with E-state index < -0.39 is 21.0 Å². The first-order valence-electron chi connectivity index (χ1n) is 11.5. The molecule has 2 saturated carbocycles. The van der Waals surface area contributed by atoms with Crippen LogP contribution >= 0.6 is 0 Å². The first kappa shape index (κ1) is 24.5. The molecule has 0 aromatic heterocycles. The quantitative estimate of drug-likeness (QED) is 0.291. The Labute approximate surface area is 181 Å². The number of carbonyl (C=O) groups excluding carboxylic acids is 1. The summed E-state index contributed by atoms with van der Waals surface area (Å²) in [5, 5.41) is 0.131. The van der Waals surface area contributed by atoms with Crippen LogP contribution in [0.2, 0.25) is 5.04 Å². The number of fused-ring (bicyclic) bond motifs is 1. The number of allylic oxidation sites excluding steroid dienone is 1. The average Bonchev–Trinajstić information content (AvgIpc) is 3.03. The van der Waals surface area contributed by atoms with Crippen molar-refractivity contribution in [1.29, 1.82) is 0 Å². The summed E-state index contributed by atoms with van der Waals surface area (Å²) in [5.74, 6) is 0.462. The van der Waals surface area contributed by atoms with Crippen molar-refractivity contribution in [1.82, 2.24) is 0 Å². The number of hydrogen-bond acceptors (Lipinski definition) is 4. The Morgan fingerprint density at radius 2 is 1.86 bits per heavy atom. The van der Waals surface area contributed by atoms with Gasteiger partial charge in [0.2, 0.25) is 5.60 Å². The molecule has 2 fully saturated rings. The van der Waals surface area contributed by atoms with Crippen LogP contribution in [0, 0.1) is 17.3 Å². The van der Waals surface area contributed by atoms with E-state index in [2.05, 4.69) is 41.5 Å². The summed E-state index contributed by atoms with van der Waals surface area (Å²) in [6, 6.07) is 0. The largest absolute Gasteiger partial charge is 0.480 e. The summed E-state index contributed by atoms with van der Waals surface area (Å²) in [7, 11) is 0.595. The molecular weight excluding hydrogens is 380 g/mol. The molecular formula is C24H44O4Si. The SMILES string of the molecule is CC=COC(C(=O)OC)(C1CCC2CCCCC21C)C(C)(CC)O[SiH2]C(C)(C)C. The fraction of sp³-hybridized carbons (Fsp3) is 0.875. The molecule has 29 heavy (non-hydrogen) atoms. The number of hydrogen-bond donors (Lipinski definition) is 0. The zero-order valence-electron chi connectivity index (χ0n) is 20.1. The van der Waals surface area contributed by atoms with E-state index in [9.17, 15) is 4.79 Å². The van der Waals surface area contributed by atoms with Crippen LogP contribution in [0.25, 0.3) is 0 Å². The molecule has 0 amide bonds. The minimum Gasteiger partial charge on any atom is -0.480 e. The standard InChI is InChI=1S/C24H44O4Si/c1-9-17-27-24(20(25)26-8,23(7,10-2)28-29-21(3,4)5)19-15-14-18-13-11-12-16-22(18,19)6/h9,17-19H,10-16,29H2,1-8H3. The lowest BCUT2D eigenvalue weighted by Gasteiger charge is -2.54. The molecule has 2 aliphatic carbocycles. The van der Waals surface area contributed by atoms with Gasteiger partial charge in [0, 0.05) is 5.92 Å². The Morgan fingerprint density at radius 3 is 2.41 bits per heavy atom. The van der Waals surface area contributed by atoms with E-state index >= 15 is 0 Å². The van der Waals surface area contributed by atoms with Crippen LogP contribution in [-0.4, -0.2) is 34.0 Å². The van der Waals surface area contributed by atoms with Crippen LogP contribution in [0.3, 0.4) is 0 Å². The molecule has 5 atom stereocenters. The molecule has 0 bridgehead atoms. The highest BCUT2D eigenvalue weighted by Gasteiger charge is 2.68. The van der Waals surface area contributed by atoms with E-state index in [1.54, 1.807) is 6.26 Å². The van der Waals surface area contributed by atoms with Gasteiger partial charge in [-0.15, -0.1) is 0 Å². The Hall–Kier alpha value is -0.813. The van der Waals surface area contributed by atoms with Crippen LogP contribution in [0.15, 0.2) is 12.3 Å². The molecule has 2 rings (SSSR count). The molecule has 4 nitrogen and oxygen atoms in total. The van der Waals surface area contributed by atoms with Gasteiger partial charge in [0.05, 0.1) is 13.4 Å². The fourth-order valence-electron chi connectivity index (χ4n) is 5.88. The van der Waals surface area contributed by atoms with Gasteiger partial charge in [-0.05, 0) is 62.3 Å². The van der Waals surface area contributed by atoms with Gasteiger partial charge in [0.15, 0.2) is 9.76 Å². The summed E-state index contributed by atoms with van der Waals surface area (Å²) in [6.07, 6.45) is 11.3. The van der Waals surface area contributed by atoms with Crippen LogP contribution in [-0.2, 0) is 18.7 Å². The second-order valence-corrected chi connectivity index (χ2v) is 13.5. The van der Waals surface area contributed by atoms with Gasteiger partial charge in [0.1, 0.15) is 5.60 Å². The number of carbonyl (C=O) groups is 1. The number of methoxy groups -OCH3 is 1. The number of ether oxygens (including phenoxy) is 2. The minimum absolute atomic E-state index is 0.0805. The van der Waals surface area contributed by atoms with E-state index in [4.69, 9.17) is 13.9 Å². The molecule has 5 heteroatoms. The second kappa shape index (κ2) is 9.13. The molecule has 0 spiro atoms. The average molecular weight is 425 g/mol. The molecule has 0 saturated heterocycles. The van der Waals surface area contributed by atoms with Crippen LogP contribution in [0.4, 0.5) is 0 Å². The maximum Gasteiger partial charge on any atom is 0.353 e. The summed E-state index contributed by atoms with van der Waals surface area (Å²) in [5.41, 5.74) is -1.77. The van der Waals surface area contributed by atoms with E-state index in [0.717, 1.165) is 19.3 Å². The van der Waals surface area contributed by atoms with Crippen molar-refractivity contribution in [3.8, 4) is 0 Å². The minimum atomic E-state index is -1.12. The van der Waals surface area contributed by atoms with Crippen molar-refractivity contribution in [2.45, 2.75) is 110 Å². The van der Waals surface area contributed by atoms with Crippen molar-refractivity contribution in [2.24, 2.45) is 17.3 Å². The smallest absolute Gasteiger partial charge is 0.353 e. The fourth-order valence-corrected chi connectivity index (χ4v) is 7.05. The highest BCUT2D eigenvalue weighted by atomic mass is 28.2. The highest BCUT2D eigenvalue weighted by Crippen LogP contribution is 2.62. The molecule has 0 aromatic carbocycles. The van der Waals surface area contributed by atoms with Crippen molar-refractivity contribution in [2.75, 3.05) is 7.11 Å². The normalized spacial score (nSPS) is 32.1. The third-order valence-corrected chi connectivity index (χ3v) is 9.35. The van der Waals surface area contributed by atoms with E-state index in [0.29, 0.717) is 12.3 Å². The molecule has 0 N–H and O–H groups in total. The van der Waals surface area contributed by atoms with Gasteiger partial charge in [0.25, 0.3) is 0 Å².